The predicted molar refractivity (Wildman–Crippen MR) is 134 cm³/mol. The summed E-state index contributed by atoms with van der Waals surface area (Å²) in [5, 5.41) is 4.78. The lowest BCUT2D eigenvalue weighted by molar-refractivity contribution is -0.115. The molecule has 0 bridgehead atoms. The molecule has 0 aromatic heterocycles. The van der Waals surface area contributed by atoms with E-state index in [1.807, 2.05) is 91.0 Å². The number of benzene rings is 4. The van der Waals surface area contributed by atoms with Crippen molar-refractivity contribution in [3.8, 4) is 5.75 Å². The van der Waals surface area contributed by atoms with Crippen LogP contribution in [0.25, 0.3) is 10.8 Å². The van der Waals surface area contributed by atoms with Crippen molar-refractivity contribution in [3.63, 3.8) is 0 Å². The van der Waals surface area contributed by atoms with Crippen LogP contribution < -0.4 is 15.0 Å². The van der Waals surface area contributed by atoms with Gasteiger partial charge in [-0.05, 0) is 46.7 Å². The number of anilines is 2. The number of ether oxygens (including phenoxy) is 1. The molecule has 1 unspecified atom stereocenters. The number of nitrogens with one attached hydrogen (secondary N) is 1. The van der Waals surface area contributed by atoms with Gasteiger partial charge in [-0.25, -0.2) is 0 Å². The van der Waals surface area contributed by atoms with Gasteiger partial charge in [-0.2, -0.15) is 0 Å². The Morgan fingerprint density at radius 2 is 1.76 bits per heavy atom. The van der Waals surface area contributed by atoms with Crippen molar-refractivity contribution in [2.45, 2.75) is 5.37 Å². The standard InChI is InChI=1S/C27H22N2O3S/c1-32-22-12-6-11-21(16-22)29-25(30)17-33-27(29)19-9-4-10-20(15-19)28-26(31)24-14-5-8-18-7-2-3-13-23(18)24/h2-16,27H,17H2,1H3,(H,28,31). The van der Waals surface area contributed by atoms with Crippen molar-refractivity contribution in [2.24, 2.45) is 0 Å². The third-order valence-corrected chi connectivity index (χ3v) is 6.88. The fourth-order valence-corrected chi connectivity index (χ4v) is 5.27. The molecule has 0 saturated carbocycles. The van der Waals surface area contributed by atoms with E-state index in [1.54, 1.807) is 23.8 Å². The van der Waals surface area contributed by atoms with Crippen molar-refractivity contribution < 1.29 is 14.3 Å². The van der Waals surface area contributed by atoms with E-state index in [9.17, 15) is 9.59 Å². The highest BCUT2D eigenvalue weighted by Crippen LogP contribution is 2.43. The van der Waals surface area contributed by atoms with Crippen molar-refractivity contribution in [1.82, 2.24) is 0 Å². The van der Waals surface area contributed by atoms with Gasteiger partial charge in [0, 0.05) is 23.0 Å². The number of nitrogens with zero attached hydrogens (tertiary/aromatic N) is 1. The fraction of sp³-hybridized carbons (Fsp3) is 0.111. The Bertz CT molecular complexity index is 1350. The molecule has 1 saturated heterocycles. The van der Waals surface area contributed by atoms with Crippen LogP contribution in [0.4, 0.5) is 11.4 Å². The van der Waals surface area contributed by atoms with Crippen LogP contribution in [0.2, 0.25) is 0 Å². The molecule has 1 heterocycles. The average Bonchev–Trinajstić information content (AvgIpc) is 3.25. The summed E-state index contributed by atoms with van der Waals surface area (Å²) in [6.45, 7) is 0. The van der Waals surface area contributed by atoms with Crippen LogP contribution in [0.3, 0.4) is 0 Å². The Labute approximate surface area is 196 Å². The fourth-order valence-electron chi connectivity index (χ4n) is 4.10. The Balaban J connectivity index is 1.43. The van der Waals surface area contributed by atoms with E-state index < -0.39 is 0 Å². The SMILES string of the molecule is COc1cccc(N2C(=O)CSC2c2cccc(NC(=O)c3cccc4ccccc34)c2)c1. The van der Waals surface area contributed by atoms with Crippen molar-refractivity contribution >= 4 is 45.7 Å². The van der Waals surface area contributed by atoms with Crippen LogP contribution in [0.1, 0.15) is 21.3 Å². The molecule has 1 fully saturated rings. The van der Waals surface area contributed by atoms with E-state index in [0.29, 0.717) is 22.8 Å². The second-order valence-electron chi connectivity index (χ2n) is 7.73. The molecular weight excluding hydrogens is 432 g/mol. The summed E-state index contributed by atoms with van der Waals surface area (Å²) in [4.78, 5) is 27.6. The van der Waals surface area contributed by atoms with Crippen LogP contribution in [0, 0.1) is 0 Å². The quantitative estimate of drug-likeness (QED) is 0.409. The molecule has 1 atom stereocenters. The van der Waals surface area contributed by atoms with Gasteiger partial charge in [-0.1, -0.05) is 54.6 Å². The minimum Gasteiger partial charge on any atom is -0.497 e. The molecule has 0 spiro atoms. The topological polar surface area (TPSA) is 58.6 Å². The Morgan fingerprint density at radius 1 is 0.970 bits per heavy atom. The number of carbonyl (C=O) groups excluding carboxylic acids is 2. The maximum atomic E-state index is 13.1. The molecule has 0 aliphatic carbocycles. The number of thioether (sulfide) groups is 1. The largest absolute Gasteiger partial charge is 0.497 e. The summed E-state index contributed by atoms with van der Waals surface area (Å²) in [5.41, 5.74) is 3.06. The monoisotopic (exact) mass is 454 g/mol. The molecule has 5 rings (SSSR count). The van der Waals surface area contributed by atoms with Crippen molar-refractivity contribution in [2.75, 3.05) is 23.1 Å². The zero-order chi connectivity index (χ0) is 22.8. The lowest BCUT2D eigenvalue weighted by Crippen LogP contribution is -2.27. The number of rotatable bonds is 5. The van der Waals surface area contributed by atoms with Gasteiger partial charge in [0.15, 0.2) is 0 Å². The molecule has 4 aromatic carbocycles. The molecule has 6 heteroatoms. The van der Waals surface area contributed by atoms with Gasteiger partial charge in [-0.3, -0.25) is 14.5 Å². The molecule has 4 aromatic rings. The number of hydrogen-bond donors (Lipinski definition) is 1. The van der Waals surface area contributed by atoms with E-state index >= 15 is 0 Å². The summed E-state index contributed by atoms with van der Waals surface area (Å²) >= 11 is 1.57. The third kappa shape index (κ3) is 4.17. The normalized spacial score (nSPS) is 15.6. The smallest absolute Gasteiger partial charge is 0.256 e. The lowest BCUT2D eigenvalue weighted by Gasteiger charge is -2.25. The van der Waals surface area contributed by atoms with Gasteiger partial charge in [0.1, 0.15) is 11.1 Å². The first kappa shape index (κ1) is 21.1. The number of fused-ring (bicyclic) bond motifs is 1. The zero-order valence-corrected chi connectivity index (χ0v) is 18.8. The number of carbonyl (C=O) groups is 2. The maximum Gasteiger partial charge on any atom is 0.256 e. The first-order valence-corrected chi connectivity index (χ1v) is 11.7. The number of amides is 2. The summed E-state index contributed by atoms with van der Waals surface area (Å²) in [6, 6.07) is 28.7. The van der Waals surface area contributed by atoms with E-state index in [0.717, 1.165) is 22.0 Å². The summed E-state index contributed by atoms with van der Waals surface area (Å²) in [6.07, 6.45) is 0. The van der Waals surface area contributed by atoms with Gasteiger partial charge in [0.05, 0.1) is 12.9 Å². The summed E-state index contributed by atoms with van der Waals surface area (Å²) in [7, 11) is 1.61. The highest BCUT2D eigenvalue weighted by Gasteiger charge is 2.34. The maximum absolute atomic E-state index is 13.1. The first-order chi connectivity index (χ1) is 16.1. The lowest BCUT2D eigenvalue weighted by atomic mass is 10.0. The molecule has 164 valence electrons. The molecule has 1 aliphatic rings. The van der Waals surface area contributed by atoms with E-state index in [1.165, 1.54) is 0 Å². The second-order valence-corrected chi connectivity index (χ2v) is 8.80. The molecular formula is C27H22N2O3S. The molecule has 5 nitrogen and oxygen atoms in total. The number of methoxy groups -OCH3 is 1. The van der Waals surface area contributed by atoms with E-state index in [2.05, 4.69) is 5.32 Å². The van der Waals surface area contributed by atoms with Crippen LogP contribution in [0.15, 0.2) is 91.0 Å². The molecule has 1 N–H and O–H groups in total. The second kappa shape index (κ2) is 9.00. The Kier molecular flexibility index (Phi) is 5.75. The highest BCUT2D eigenvalue weighted by atomic mass is 32.2. The molecule has 33 heavy (non-hydrogen) atoms. The zero-order valence-electron chi connectivity index (χ0n) is 18.0. The molecule has 2 amide bonds. The van der Waals surface area contributed by atoms with Crippen LogP contribution >= 0.6 is 11.8 Å². The summed E-state index contributed by atoms with van der Waals surface area (Å²) in [5.74, 6) is 0.980. The number of hydrogen-bond acceptors (Lipinski definition) is 4. The van der Waals surface area contributed by atoms with Crippen LogP contribution in [-0.2, 0) is 4.79 Å². The van der Waals surface area contributed by atoms with Gasteiger partial charge in [0.25, 0.3) is 5.91 Å². The third-order valence-electron chi connectivity index (χ3n) is 5.66. The predicted octanol–water partition coefficient (Wildman–Crippen LogP) is 5.88. The summed E-state index contributed by atoms with van der Waals surface area (Å²) < 4.78 is 5.33. The van der Waals surface area contributed by atoms with Gasteiger partial charge in [0.2, 0.25) is 5.91 Å². The minimum atomic E-state index is -0.181. The Hall–Kier alpha value is -3.77. The molecule has 0 radical (unpaired) electrons. The van der Waals surface area contributed by atoms with Gasteiger partial charge in [-0.15, -0.1) is 11.8 Å². The van der Waals surface area contributed by atoms with Gasteiger partial charge < -0.3 is 10.1 Å². The first-order valence-electron chi connectivity index (χ1n) is 10.6. The Morgan fingerprint density at radius 3 is 2.64 bits per heavy atom. The molecule has 1 aliphatic heterocycles. The van der Waals surface area contributed by atoms with Crippen LogP contribution in [-0.4, -0.2) is 24.7 Å². The van der Waals surface area contributed by atoms with Crippen molar-refractivity contribution in [1.29, 1.82) is 0 Å². The highest BCUT2D eigenvalue weighted by molar-refractivity contribution is 8.00. The average molecular weight is 455 g/mol. The minimum absolute atomic E-state index is 0.0449. The van der Waals surface area contributed by atoms with Crippen LogP contribution in [0.5, 0.6) is 5.75 Å². The van der Waals surface area contributed by atoms with E-state index in [4.69, 9.17) is 4.74 Å². The van der Waals surface area contributed by atoms with Gasteiger partial charge >= 0.3 is 0 Å². The van der Waals surface area contributed by atoms with E-state index in [-0.39, 0.29) is 17.2 Å². The van der Waals surface area contributed by atoms with Crippen molar-refractivity contribution in [3.05, 3.63) is 102 Å².